The number of carbonyl (C=O) groups is 1. The van der Waals surface area contributed by atoms with E-state index in [0.717, 1.165) is 41.2 Å². The summed E-state index contributed by atoms with van der Waals surface area (Å²) < 4.78 is 5.17. The molecular weight excluding hydrogens is 288 g/mol. The largest absolute Gasteiger partial charge is 0.463 e. The maximum atomic E-state index is 11.8. The van der Waals surface area contributed by atoms with Crippen molar-refractivity contribution in [1.82, 2.24) is 0 Å². The molecule has 0 atom stereocenters. The smallest absolute Gasteiger partial charge is 0.330 e. The highest BCUT2D eigenvalue weighted by atomic mass is 16.5. The predicted octanol–water partition coefficient (Wildman–Crippen LogP) is 4.12. The number of benzene rings is 2. The lowest BCUT2D eigenvalue weighted by molar-refractivity contribution is -0.137. The fraction of sp³-hybridized carbons (Fsp3) is 0.350. The van der Waals surface area contributed by atoms with Gasteiger partial charge in [0.25, 0.3) is 0 Å². The minimum atomic E-state index is -0.306. The van der Waals surface area contributed by atoms with E-state index in [-0.39, 0.29) is 12.6 Å². The molecule has 0 saturated heterocycles. The first-order chi connectivity index (χ1) is 11.3. The first kappa shape index (κ1) is 17.2. The van der Waals surface area contributed by atoms with Crippen LogP contribution in [0.1, 0.15) is 37.3 Å². The maximum Gasteiger partial charge on any atom is 0.330 e. The average molecular weight is 312 g/mol. The van der Waals surface area contributed by atoms with Crippen LogP contribution in [0.4, 0.5) is 0 Å². The van der Waals surface area contributed by atoms with Crippen LogP contribution in [0.25, 0.3) is 16.8 Å². The number of carbonyl (C=O) groups excluding carboxylic acids is 1. The highest BCUT2D eigenvalue weighted by Crippen LogP contribution is 2.25. The molecule has 0 aliphatic rings. The summed E-state index contributed by atoms with van der Waals surface area (Å²) in [4.78, 5) is 11.8. The standard InChI is InChI=1S/C20H24O3/c1-2-3-15-23-20(22)13-12-19-17(8-6-14-21)11-10-16-7-4-5-9-18(16)19/h4-5,7,9-13,21H,2-3,6,8,14-15H2,1H3/b13-12+. The monoisotopic (exact) mass is 312 g/mol. The van der Waals surface area contributed by atoms with Crippen molar-refractivity contribution < 1.29 is 14.6 Å². The van der Waals surface area contributed by atoms with Gasteiger partial charge < -0.3 is 9.84 Å². The van der Waals surface area contributed by atoms with Gasteiger partial charge in [0.2, 0.25) is 0 Å². The summed E-state index contributed by atoms with van der Waals surface area (Å²) in [5, 5.41) is 11.3. The van der Waals surface area contributed by atoms with Gasteiger partial charge >= 0.3 is 5.97 Å². The zero-order chi connectivity index (χ0) is 16.5. The second-order valence-corrected chi connectivity index (χ2v) is 5.54. The van der Waals surface area contributed by atoms with Gasteiger partial charge in [-0.25, -0.2) is 4.79 Å². The van der Waals surface area contributed by atoms with E-state index < -0.39 is 0 Å². The van der Waals surface area contributed by atoms with Crippen LogP contribution in [-0.4, -0.2) is 24.3 Å². The molecule has 23 heavy (non-hydrogen) atoms. The normalized spacial score (nSPS) is 11.2. The Morgan fingerprint density at radius 2 is 2.00 bits per heavy atom. The summed E-state index contributed by atoms with van der Waals surface area (Å²) in [6.07, 6.45) is 6.72. The molecule has 0 radical (unpaired) electrons. The van der Waals surface area contributed by atoms with Crippen LogP contribution >= 0.6 is 0 Å². The van der Waals surface area contributed by atoms with E-state index in [1.807, 2.05) is 18.2 Å². The first-order valence-corrected chi connectivity index (χ1v) is 8.22. The Hall–Kier alpha value is -2.13. The van der Waals surface area contributed by atoms with Crippen molar-refractivity contribution in [2.45, 2.75) is 32.6 Å². The molecule has 0 bridgehead atoms. The molecule has 0 aliphatic carbocycles. The number of ether oxygens (including phenoxy) is 1. The van der Waals surface area contributed by atoms with Crippen LogP contribution in [0.5, 0.6) is 0 Å². The third-order valence-electron chi connectivity index (χ3n) is 3.79. The van der Waals surface area contributed by atoms with Crippen molar-refractivity contribution in [3.8, 4) is 0 Å². The average Bonchev–Trinajstić information content (AvgIpc) is 2.58. The molecule has 0 amide bonds. The molecule has 0 saturated carbocycles. The van der Waals surface area contributed by atoms with E-state index in [0.29, 0.717) is 13.0 Å². The van der Waals surface area contributed by atoms with Crippen molar-refractivity contribution in [2.24, 2.45) is 0 Å². The quantitative estimate of drug-likeness (QED) is 0.453. The second-order valence-electron chi connectivity index (χ2n) is 5.54. The highest BCUT2D eigenvalue weighted by Gasteiger charge is 2.06. The van der Waals surface area contributed by atoms with Crippen molar-refractivity contribution in [2.75, 3.05) is 13.2 Å². The molecule has 2 aromatic rings. The van der Waals surface area contributed by atoms with Crippen LogP contribution in [0, 0.1) is 0 Å². The number of hydrogen-bond acceptors (Lipinski definition) is 3. The summed E-state index contributed by atoms with van der Waals surface area (Å²) in [6.45, 7) is 2.69. The van der Waals surface area contributed by atoms with Crippen molar-refractivity contribution in [1.29, 1.82) is 0 Å². The van der Waals surface area contributed by atoms with E-state index in [1.54, 1.807) is 0 Å². The van der Waals surface area contributed by atoms with E-state index in [1.165, 1.54) is 6.08 Å². The summed E-state index contributed by atoms with van der Waals surface area (Å²) in [6, 6.07) is 12.3. The molecule has 0 spiro atoms. The van der Waals surface area contributed by atoms with Crippen LogP contribution in [-0.2, 0) is 16.0 Å². The lowest BCUT2D eigenvalue weighted by atomic mass is 9.96. The van der Waals surface area contributed by atoms with Crippen LogP contribution in [0.2, 0.25) is 0 Å². The van der Waals surface area contributed by atoms with E-state index >= 15 is 0 Å². The molecule has 0 aliphatic heterocycles. The van der Waals surface area contributed by atoms with Gasteiger partial charge in [0, 0.05) is 12.7 Å². The van der Waals surface area contributed by atoms with Gasteiger partial charge in [0.05, 0.1) is 6.61 Å². The molecule has 0 fully saturated rings. The Kier molecular flexibility index (Phi) is 6.82. The number of unbranched alkanes of at least 4 members (excludes halogenated alkanes) is 1. The maximum absolute atomic E-state index is 11.8. The topological polar surface area (TPSA) is 46.5 Å². The van der Waals surface area contributed by atoms with Gasteiger partial charge in [0.15, 0.2) is 0 Å². The van der Waals surface area contributed by atoms with Gasteiger partial charge in [-0.05, 0) is 47.2 Å². The molecule has 1 N–H and O–H groups in total. The summed E-state index contributed by atoms with van der Waals surface area (Å²) in [5.74, 6) is -0.306. The molecule has 2 rings (SSSR count). The number of fused-ring (bicyclic) bond motifs is 1. The van der Waals surface area contributed by atoms with Gasteiger partial charge in [-0.15, -0.1) is 0 Å². The summed E-state index contributed by atoms with van der Waals surface area (Å²) >= 11 is 0. The molecular formula is C20H24O3. The van der Waals surface area contributed by atoms with Crippen LogP contribution in [0.3, 0.4) is 0 Å². The minimum absolute atomic E-state index is 0.162. The Morgan fingerprint density at radius 3 is 2.78 bits per heavy atom. The fourth-order valence-electron chi connectivity index (χ4n) is 2.54. The van der Waals surface area contributed by atoms with E-state index in [2.05, 4.69) is 31.2 Å². The molecule has 3 heteroatoms. The van der Waals surface area contributed by atoms with Crippen molar-refractivity contribution >= 4 is 22.8 Å². The summed E-state index contributed by atoms with van der Waals surface area (Å²) in [7, 11) is 0. The molecule has 2 aromatic carbocycles. The Balaban J connectivity index is 2.26. The Labute approximate surface area is 137 Å². The predicted molar refractivity (Wildman–Crippen MR) is 94.3 cm³/mol. The van der Waals surface area contributed by atoms with Gasteiger partial charge in [0.1, 0.15) is 0 Å². The highest BCUT2D eigenvalue weighted by molar-refractivity contribution is 5.95. The van der Waals surface area contributed by atoms with Crippen LogP contribution < -0.4 is 0 Å². The number of rotatable bonds is 8. The molecule has 0 aromatic heterocycles. The zero-order valence-corrected chi connectivity index (χ0v) is 13.6. The number of aliphatic hydroxyl groups is 1. The third-order valence-corrected chi connectivity index (χ3v) is 3.79. The second kappa shape index (κ2) is 9.11. The Bertz CT molecular complexity index is 674. The minimum Gasteiger partial charge on any atom is -0.463 e. The van der Waals surface area contributed by atoms with E-state index in [4.69, 9.17) is 9.84 Å². The van der Waals surface area contributed by atoms with Gasteiger partial charge in [-0.1, -0.05) is 49.7 Å². The number of hydrogen-bond donors (Lipinski definition) is 1. The first-order valence-electron chi connectivity index (χ1n) is 8.22. The van der Waals surface area contributed by atoms with Gasteiger partial charge in [-0.2, -0.15) is 0 Å². The van der Waals surface area contributed by atoms with Crippen molar-refractivity contribution in [3.63, 3.8) is 0 Å². The molecule has 0 unspecified atom stereocenters. The number of esters is 1. The van der Waals surface area contributed by atoms with Gasteiger partial charge in [-0.3, -0.25) is 0 Å². The van der Waals surface area contributed by atoms with Crippen molar-refractivity contribution in [3.05, 3.63) is 53.6 Å². The lowest BCUT2D eigenvalue weighted by Gasteiger charge is -2.10. The molecule has 0 heterocycles. The van der Waals surface area contributed by atoms with E-state index in [9.17, 15) is 4.79 Å². The Morgan fingerprint density at radius 1 is 1.17 bits per heavy atom. The molecule has 3 nitrogen and oxygen atoms in total. The van der Waals surface area contributed by atoms with Crippen LogP contribution in [0.15, 0.2) is 42.5 Å². The molecule has 122 valence electrons. The number of aryl methyl sites for hydroxylation is 1. The lowest BCUT2D eigenvalue weighted by Crippen LogP contribution is -2.02. The summed E-state index contributed by atoms with van der Waals surface area (Å²) in [5.41, 5.74) is 2.17. The fourth-order valence-corrected chi connectivity index (χ4v) is 2.54. The SMILES string of the molecule is CCCCOC(=O)/C=C/c1c(CCCO)ccc2ccccc12. The third kappa shape index (κ3) is 4.93. The number of aliphatic hydroxyl groups excluding tert-OH is 1. The zero-order valence-electron chi connectivity index (χ0n) is 13.6.